The Hall–Kier alpha value is -0.0800. The number of nitrogens with zero attached hydrogens (tertiary/aromatic N) is 1. The van der Waals surface area contributed by atoms with Gasteiger partial charge in [-0.2, -0.15) is 0 Å². The molecular weight excluding hydrogens is 196 g/mol. The van der Waals surface area contributed by atoms with Gasteiger partial charge in [0, 0.05) is 0 Å². The van der Waals surface area contributed by atoms with Gasteiger partial charge in [-0.25, -0.2) is 0 Å². The largest absolute Gasteiger partial charge is 0.319 e. The fraction of sp³-hybridized carbons (Fsp3) is 1.00. The molecular formula is C14H36N2. The molecule has 1 rings (SSSR count). The van der Waals surface area contributed by atoms with Gasteiger partial charge in [-0.3, -0.25) is 0 Å². The van der Waals surface area contributed by atoms with E-state index < -0.39 is 0 Å². The maximum Gasteiger partial charge on any atom is -0.00187 e. The second kappa shape index (κ2) is 20.3. The van der Waals surface area contributed by atoms with Crippen LogP contribution in [0.5, 0.6) is 0 Å². The van der Waals surface area contributed by atoms with Crippen molar-refractivity contribution in [3.63, 3.8) is 0 Å². The van der Waals surface area contributed by atoms with E-state index in [9.17, 15) is 0 Å². The van der Waals surface area contributed by atoms with E-state index in [1.807, 2.05) is 48.6 Å². The highest BCUT2D eigenvalue weighted by Crippen LogP contribution is 2.14. The first-order valence-corrected chi connectivity index (χ1v) is 7.16. The van der Waals surface area contributed by atoms with E-state index in [2.05, 4.69) is 17.3 Å². The van der Waals surface area contributed by atoms with Crippen molar-refractivity contribution in [2.45, 2.75) is 54.4 Å². The van der Waals surface area contributed by atoms with E-state index in [4.69, 9.17) is 0 Å². The Morgan fingerprint density at radius 1 is 0.938 bits per heavy atom. The average Bonchev–Trinajstić information content (AvgIpc) is 2.40. The normalized spacial score (nSPS) is 15.8. The van der Waals surface area contributed by atoms with Crippen molar-refractivity contribution in [3.05, 3.63) is 0 Å². The topological polar surface area (TPSA) is 15.3 Å². The molecule has 0 spiro atoms. The van der Waals surface area contributed by atoms with Crippen molar-refractivity contribution in [1.29, 1.82) is 0 Å². The van der Waals surface area contributed by atoms with Crippen molar-refractivity contribution >= 4 is 0 Å². The minimum absolute atomic E-state index is 0.932. The van der Waals surface area contributed by atoms with Crippen LogP contribution in [-0.2, 0) is 0 Å². The summed E-state index contributed by atoms with van der Waals surface area (Å²) in [6.07, 6.45) is 2.74. The van der Waals surface area contributed by atoms with E-state index in [0.29, 0.717) is 0 Å². The first-order valence-electron chi connectivity index (χ1n) is 7.16. The predicted octanol–water partition coefficient (Wildman–Crippen LogP) is 3.63. The number of rotatable bonds is 2. The molecule has 102 valence electrons. The molecule has 0 aliphatic carbocycles. The summed E-state index contributed by atoms with van der Waals surface area (Å²) >= 11 is 0. The maximum absolute atomic E-state index is 3.23. The number of hydrogen-bond acceptors (Lipinski definition) is 2. The van der Waals surface area contributed by atoms with Gasteiger partial charge in [-0.1, -0.05) is 41.5 Å². The molecule has 0 atom stereocenters. The molecule has 1 saturated heterocycles. The van der Waals surface area contributed by atoms with Crippen LogP contribution < -0.4 is 5.32 Å². The fourth-order valence-corrected chi connectivity index (χ4v) is 1.55. The number of nitrogens with one attached hydrogen (secondary N) is 1. The first kappa shape index (κ1) is 21.2. The summed E-state index contributed by atoms with van der Waals surface area (Å²) in [6, 6.07) is 0. The number of likely N-dealkylation sites (tertiary alicyclic amines) is 1. The highest BCUT2D eigenvalue weighted by atomic mass is 15.1. The monoisotopic (exact) mass is 232 g/mol. The summed E-state index contributed by atoms with van der Waals surface area (Å²) in [7, 11) is 4.24. The predicted molar refractivity (Wildman–Crippen MR) is 78.2 cm³/mol. The Balaban J connectivity index is -0.000000245. The highest BCUT2D eigenvalue weighted by molar-refractivity contribution is 4.70. The molecule has 16 heavy (non-hydrogen) atoms. The first-order chi connectivity index (χ1) is 7.83. The van der Waals surface area contributed by atoms with Crippen LogP contribution in [0.3, 0.4) is 0 Å². The Labute approximate surface area is 105 Å². The summed E-state index contributed by atoms with van der Waals surface area (Å²) in [4.78, 5) is 2.41. The Kier molecular flexibility index (Phi) is 27.0. The minimum Gasteiger partial charge on any atom is -0.319 e. The fourth-order valence-electron chi connectivity index (χ4n) is 1.55. The van der Waals surface area contributed by atoms with Crippen LogP contribution in [0.15, 0.2) is 0 Å². The number of hydrogen-bond donors (Lipinski definition) is 1. The van der Waals surface area contributed by atoms with Gasteiger partial charge >= 0.3 is 0 Å². The summed E-state index contributed by atoms with van der Waals surface area (Å²) in [5, 5.41) is 3.23. The molecule has 0 bridgehead atoms. The lowest BCUT2D eigenvalue weighted by Gasteiger charge is -2.28. The van der Waals surface area contributed by atoms with Crippen molar-refractivity contribution in [2.24, 2.45) is 5.92 Å². The number of piperidine rings is 1. The lowest BCUT2D eigenvalue weighted by atomic mass is 9.97. The second-order valence-electron chi connectivity index (χ2n) is 3.30. The van der Waals surface area contributed by atoms with Crippen molar-refractivity contribution in [1.82, 2.24) is 10.2 Å². The average molecular weight is 232 g/mol. The van der Waals surface area contributed by atoms with Gasteiger partial charge in [0.25, 0.3) is 0 Å². The molecule has 0 aromatic carbocycles. The van der Waals surface area contributed by atoms with Crippen LogP contribution >= 0.6 is 0 Å². The lowest BCUT2D eigenvalue weighted by molar-refractivity contribution is 0.218. The van der Waals surface area contributed by atoms with E-state index >= 15 is 0 Å². The van der Waals surface area contributed by atoms with Crippen LogP contribution in [-0.4, -0.2) is 38.6 Å². The Morgan fingerprint density at radius 2 is 1.31 bits per heavy atom. The molecule has 1 aliphatic heterocycles. The van der Waals surface area contributed by atoms with Crippen molar-refractivity contribution in [3.8, 4) is 0 Å². The molecule has 0 unspecified atom stereocenters. The molecule has 1 fully saturated rings. The zero-order valence-corrected chi connectivity index (χ0v) is 13.1. The molecule has 0 aromatic heterocycles. The Morgan fingerprint density at radius 3 is 1.62 bits per heavy atom. The zero-order chi connectivity index (χ0) is 13.4. The van der Waals surface area contributed by atoms with Gasteiger partial charge in [0.15, 0.2) is 0 Å². The summed E-state index contributed by atoms with van der Waals surface area (Å²) in [6.45, 7) is 15.8. The maximum atomic E-state index is 3.23. The van der Waals surface area contributed by atoms with Crippen LogP contribution in [0, 0.1) is 5.92 Å². The summed E-state index contributed by atoms with van der Waals surface area (Å²) < 4.78 is 0. The second-order valence-corrected chi connectivity index (χ2v) is 3.30. The molecule has 1 N–H and O–H groups in total. The third-order valence-corrected chi connectivity index (χ3v) is 2.33. The molecule has 2 heteroatoms. The molecule has 2 nitrogen and oxygen atoms in total. The van der Waals surface area contributed by atoms with Crippen molar-refractivity contribution in [2.75, 3.05) is 33.7 Å². The van der Waals surface area contributed by atoms with Gasteiger partial charge in [0.1, 0.15) is 0 Å². The quantitative estimate of drug-likeness (QED) is 0.782. The molecule has 1 heterocycles. The molecule has 0 radical (unpaired) electrons. The highest BCUT2D eigenvalue weighted by Gasteiger charge is 2.14. The van der Waals surface area contributed by atoms with E-state index in [1.165, 1.54) is 32.5 Å². The molecule has 0 amide bonds. The van der Waals surface area contributed by atoms with Gasteiger partial charge in [0.05, 0.1) is 0 Å². The lowest BCUT2D eigenvalue weighted by Crippen LogP contribution is -2.34. The van der Waals surface area contributed by atoms with Crippen LogP contribution in [0.2, 0.25) is 0 Å². The van der Waals surface area contributed by atoms with Gasteiger partial charge in [-0.15, -0.1) is 0 Å². The van der Waals surface area contributed by atoms with Crippen molar-refractivity contribution < 1.29 is 0 Å². The smallest absolute Gasteiger partial charge is 0.00187 e. The third kappa shape index (κ3) is 13.9. The Bertz CT molecular complexity index is 86.7. The van der Waals surface area contributed by atoms with Gasteiger partial charge in [-0.05, 0) is 52.5 Å². The molecule has 1 aliphatic rings. The molecule has 0 saturated carbocycles. The minimum atomic E-state index is 0.932. The molecule has 0 aromatic rings. The van der Waals surface area contributed by atoms with Crippen LogP contribution in [0.25, 0.3) is 0 Å². The van der Waals surface area contributed by atoms with Crippen LogP contribution in [0.4, 0.5) is 0 Å². The van der Waals surface area contributed by atoms with Gasteiger partial charge < -0.3 is 10.2 Å². The third-order valence-electron chi connectivity index (χ3n) is 2.33. The summed E-state index contributed by atoms with van der Waals surface area (Å²) in [5.41, 5.74) is 0. The van der Waals surface area contributed by atoms with Crippen LogP contribution in [0.1, 0.15) is 54.4 Å². The SMILES string of the molecule is CC.CC.CC.CNCC1CCN(C)CC1. The van der Waals surface area contributed by atoms with E-state index in [0.717, 1.165) is 5.92 Å². The van der Waals surface area contributed by atoms with E-state index in [-0.39, 0.29) is 0 Å². The summed E-state index contributed by atoms with van der Waals surface area (Å²) in [5.74, 6) is 0.932. The van der Waals surface area contributed by atoms with Gasteiger partial charge in [0.2, 0.25) is 0 Å². The standard InChI is InChI=1S/C8H18N2.3C2H6/c1-9-7-8-3-5-10(2)6-4-8;3*1-2/h8-9H,3-7H2,1-2H3;3*1-2H3. The zero-order valence-electron chi connectivity index (χ0n) is 13.1. The van der Waals surface area contributed by atoms with E-state index in [1.54, 1.807) is 0 Å².